The fourth-order valence-corrected chi connectivity index (χ4v) is 1.70. The third-order valence-electron chi connectivity index (χ3n) is 2.93. The van der Waals surface area contributed by atoms with Crippen molar-refractivity contribution >= 4 is 17.6 Å². The maximum absolute atomic E-state index is 12.0. The average molecular weight is 325 g/mol. The lowest BCUT2D eigenvalue weighted by Gasteiger charge is -2.07. The van der Waals surface area contributed by atoms with E-state index in [0.29, 0.717) is 5.69 Å². The van der Waals surface area contributed by atoms with Gasteiger partial charge in [-0.3, -0.25) is 9.48 Å². The van der Waals surface area contributed by atoms with Crippen molar-refractivity contribution in [3.05, 3.63) is 42.2 Å². The highest BCUT2D eigenvalue weighted by Gasteiger charge is 2.17. The second-order valence-corrected chi connectivity index (χ2v) is 4.55. The number of hydrogen-bond acceptors (Lipinski definition) is 4. The van der Waals surface area contributed by atoms with Crippen molar-refractivity contribution < 1.29 is 28.2 Å². The van der Waals surface area contributed by atoms with Gasteiger partial charge >= 0.3 is 12.6 Å². The Labute approximate surface area is 129 Å². The molecule has 1 atom stereocenters. The second-order valence-electron chi connectivity index (χ2n) is 4.55. The van der Waals surface area contributed by atoms with Crippen molar-refractivity contribution in [1.29, 1.82) is 0 Å². The van der Waals surface area contributed by atoms with Gasteiger partial charge < -0.3 is 15.2 Å². The normalized spacial score (nSPS) is 12.0. The van der Waals surface area contributed by atoms with E-state index in [4.69, 9.17) is 5.11 Å². The number of nitrogens with zero attached hydrogens (tertiary/aromatic N) is 2. The minimum atomic E-state index is -2.92. The monoisotopic (exact) mass is 325 g/mol. The Morgan fingerprint density at radius 2 is 1.91 bits per heavy atom. The Morgan fingerprint density at radius 1 is 1.26 bits per heavy atom. The molecule has 0 aliphatic rings. The summed E-state index contributed by atoms with van der Waals surface area (Å²) in [5, 5.41) is 15.3. The molecule has 1 aromatic carbocycles. The Kier molecular flexibility index (Phi) is 4.89. The first-order valence-electron chi connectivity index (χ1n) is 6.51. The van der Waals surface area contributed by atoms with Crippen LogP contribution in [0.25, 0.3) is 0 Å². The van der Waals surface area contributed by atoms with E-state index in [1.165, 1.54) is 43.5 Å². The summed E-state index contributed by atoms with van der Waals surface area (Å²) in [5.41, 5.74) is 0.392. The summed E-state index contributed by atoms with van der Waals surface area (Å²) in [6.07, 6.45) is 1.38. The van der Waals surface area contributed by atoms with Crippen LogP contribution in [0.3, 0.4) is 0 Å². The quantitative estimate of drug-likeness (QED) is 0.850. The predicted molar refractivity (Wildman–Crippen MR) is 75.6 cm³/mol. The van der Waals surface area contributed by atoms with Gasteiger partial charge in [0.1, 0.15) is 11.8 Å². The molecule has 1 heterocycles. The van der Waals surface area contributed by atoms with Gasteiger partial charge in [-0.25, -0.2) is 4.79 Å². The largest absolute Gasteiger partial charge is 0.480 e. The first-order chi connectivity index (χ1) is 10.9. The number of carbonyl (C=O) groups excluding carboxylic acids is 1. The van der Waals surface area contributed by atoms with E-state index in [0.717, 1.165) is 4.68 Å². The Morgan fingerprint density at radius 3 is 2.48 bits per heavy atom. The Balaban J connectivity index is 2.03. The van der Waals surface area contributed by atoms with Gasteiger partial charge in [-0.05, 0) is 37.3 Å². The van der Waals surface area contributed by atoms with Crippen molar-refractivity contribution in [2.45, 2.75) is 19.6 Å². The molecule has 0 saturated heterocycles. The second kappa shape index (κ2) is 6.86. The van der Waals surface area contributed by atoms with E-state index in [1.54, 1.807) is 0 Å². The van der Waals surface area contributed by atoms with Crippen LogP contribution in [-0.4, -0.2) is 33.4 Å². The van der Waals surface area contributed by atoms with Crippen LogP contribution >= 0.6 is 0 Å². The van der Waals surface area contributed by atoms with Crippen LogP contribution < -0.4 is 10.1 Å². The van der Waals surface area contributed by atoms with Crippen molar-refractivity contribution in [3.8, 4) is 5.75 Å². The fraction of sp³-hybridized carbons (Fsp3) is 0.214. The van der Waals surface area contributed by atoms with Gasteiger partial charge in [0, 0.05) is 11.9 Å². The van der Waals surface area contributed by atoms with Gasteiger partial charge in [0.25, 0.3) is 5.91 Å². The standard InChI is InChI=1S/C14H13F2N3O4/c1-8(13(21)22)19-7-6-11(18-19)12(20)17-9-2-4-10(5-3-9)23-14(15)16/h2-8,14H,1H3,(H,17,20)(H,21,22). The van der Waals surface area contributed by atoms with Crippen molar-refractivity contribution in [2.75, 3.05) is 5.32 Å². The zero-order chi connectivity index (χ0) is 17.0. The molecular weight excluding hydrogens is 312 g/mol. The Bertz CT molecular complexity index is 700. The zero-order valence-corrected chi connectivity index (χ0v) is 11.9. The average Bonchev–Trinajstić information content (AvgIpc) is 2.97. The number of anilines is 1. The molecule has 1 aromatic heterocycles. The van der Waals surface area contributed by atoms with E-state index in [1.807, 2.05) is 0 Å². The van der Waals surface area contributed by atoms with Gasteiger partial charge in [0.15, 0.2) is 5.69 Å². The maximum Gasteiger partial charge on any atom is 0.387 e. The molecule has 2 rings (SSSR count). The molecule has 0 saturated carbocycles. The van der Waals surface area contributed by atoms with Crippen LogP contribution in [0.1, 0.15) is 23.5 Å². The number of nitrogens with one attached hydrogen (secondary N) is 1. The maximum atomic E-state index is 12.0. The summed E-state index contributed by atoms with van der Waals surface area (Å²) in [5.74, 6) is -1.66. The third-order valence-corrected chi connectivity index (χ3v) is 2.93. The predicted octanol–water partition coefficient (Wildman–Crippen LogP) is 2.38. The molecule has 23 heavy (non-hydrogen) atoms. The van der Waals surface area contributed by atoms with E-state index >= 15 is 0 Å². The van der Waals surface area contributed by atoms with E-state index in [2.05, 4.69) is 15.2 Å². The highest BCUT2D eigenvalue weighted by Crippen LogP contribution is 2.18. The molecule has 0 aliphatic heterocycles. The lowest BCUT2D eigenvalue weighted by Crippen LogP contribution is -2.18. The van der Waals surface area contributed by atoms with Crippen LogP contribution in [0.2, 0.25) is 0 Å². The lowest BCUT2D eigenvalue weighted by molar-refractivity contribution is -0.140. The first kappa shape index (κ1) is 16.4. The molecular formula is C14H13F2N3O4. The number of carbonyl (C=O) groups is 2. The van der Waals surface area contributed by atoms with Crippen LogP contribution in [0.15, 0.2) is 36.5 Å². The van der Waals surface area contributed by atoms with Crippen molar-refractivity contribution in [3.63, 3.8) is 0 Å². The fourth-order valence-electron chi connectivity index (χ4n) is 1.70. The number of rotatable bonds is 6. The van der Waals surface area contributed by atoms with Crippen LogP contribution in [-0.2, 0) is 4.79 Å². The van der Waals surface area contributed by atoms with Crippen molar-refractivity contribution in [1.82, 2.24) is 9.78 Å². The first-order valence-corrected chi connectivity index (χ1v) is 6.51. The number of benzene rings is 1. The van der Waals surface area contributed by atoms with E-state index in [-0.39, 0.29) is 11.4 Å². The molecule has 0 bridgehead atoms. The van der Waals surface area contributed by atoms with Gasteiger partial charge in [-0.1, -0.05) is 0 Å². The van der Waals surface area contributed by atoms with Gasteiger partial charge in [-0.2, -0.15) is 13.9 Å². The van der Waals surface area contributed by atoms with Crippen LogP contribution in [0.4, 0.5) is 14.5 Å². The minimum absolute atomic E-state index is 0.0300. The van der Waals surface area contributed by atoms with E-state index in [9.17, 15) is 18.4 Å². The van der Waals surface area contributed by atoms with Crippen molar-refractivity contribution in [2.24, 2.45) is 0 Å². The number of ether oxygens (including phenoxy) is 1. The molecule has 2 aromatic rings. The van der Waals surface area contributed by atoms with Crippen LogP contribution in [0.5, 0.6) is 5.75 Å². The summed E-state index contributed by atoms with van der Waals surface area (Å²) in [6.45, 7) is -1.49. The Hall–Kier alpha value is -2.97. The van der Waals surface area contributed by atoms with Gasteiger partial charge in [0.05, 0.1) is 0 Å². The van der Waals surface area contributed by atoms with Gasteiger partial charge in [0.2, 0.25) is 0 Å². The molecule has 9 heteroatoms. The number of alkyl halides is 2. The summed E-state index contributed by atoms with van der Waals surface area (Å²) in [6, 6.07) is 5.84. The summed E-state index contributed by atoms with van der Waals surface area (Å²) < 4.78 is 29.4. The zero-order valence-electron chi connectivity index (χ0n) is 11.9. The van der Waals surface area contributed by atoms with E-state index < -0.39 is 24.5 Å². The number of amides is 1. The molecule has 7 nitrogen and oxygen atoms in total. The molecule has 0 aliphatic carbocycles. The van der Waals surface area contributed by atoms with Gasteiger partial charge in [-0.15, -0.1) is 0 Å². The topological polar surface area (TPSA) is 93.5 Å². The third kappa shape index (κ3) is 4.25. The number of halogens is 2. The molecule has 0 spiro atoms. The number of aliphatic carboxylic acids is 1. The highest BCUT2D eigenvalue weighted by atomic mass is 19.3. The summed E-state index contributed by atoms with van der Waals surface area (Å²) in [4.78, 5) is 22.8. The molecule has 2 N–H and O–H groups in total. The summed E-state index contributed by atoms with van der Waals surface area (Å²) in [7, 11) is 0. The molecule has 1 amide bonds. The number of carboxylic acids is 1. The number of aromatic nitrogens is 2. The smallest absolute Gasteiger partial charge is 0.387 e. The summed E-state index contributed by atoms with van der Waals surface area (Å²) >= 11 is 0. The molecule has 122 valence electrons. The number of carboxylic acid groups (broad SMARTS) is 1. The molecule has 1 unspecified atom stereocenters. The SMILES string of the molecule is CC(C(=O)O)n1ccc(C(=O)Nc2ccc(OC(F)F)cc2)n1. The number of hydrogen-bond donors (Lipinski definition) is 2. The highest BCUT2D eigenvalue weighted by molar-refractivity contribution is 6.02. The van der Waals surface area contributed by atoms with Crippen LogP contribution in [0, 0.1) is 0 Å². The minimum Gasteiger partial charge on any atom is -0.480 e. The molecule has 0 radical (unpaired) electrons. The molecule has 0 fully saturated rings. The lowest BCUT2D eigenvalue weighted by atomic mass is 10.3.